The van der Waals surface area contributed by atoms with E-state index in [2.05, 4.69) is 0 Å². The van der Waals surface area contributed by atoms with E-state index in [1.807, 2.05) is 170 Å². The molecule has 3 aliphatic carbocycles. The average Bonchev–Trinajstić information content (AvgIpc) is 2.25. The summed E-state index contributed by atoms with van der Waals surface area (Å²) in [4.78, 5) is 58.3. The first kappa shape index (κ1) is 57.6. The Hall–Kier alpha value is -10.2. The van der Waals surface area contributed by atoms with Crippen molar-refractivity contribution >= 4 is 23.1 Å². The second-order valence-electron chi connectivity index (χ2n) is 21.4. The minimum atomic E-state index is -0.341. The van der Waals surface area contributed by atoms with Gasteiger partial charge in [-0.2, -0.15) is 0 Å². The molecule has 0 saturated heterocycles. The number of carbonyl (C=O) groups excluding carboxylic acids is 4. The van der Waals surface area contributed by atoms with Crippen molar-refractivity contribution in [3.05, 3.63) is 283 Å². The maximum absolute atomic E-state index is 15.1. The summed E-state index contributed by atoms with van der Waals surface area (Å²) in [6, 6.07) is 54.2. The van der Waals surface area contributed by atoms with Crippen LogP contribution in [0.4, 0.5) is 0 Å². The van der Waals surface area contributed by atoms with Crippen molar-refractivity contribution in [1.29, 1.82) is 0 Å². The molecule has 0 amide bonds. The van der Waals surface area contributed by atoms with Gasteiger partial charge in [-0.25, -0.2) is 0 Å². The Morgan fingerprint density at radius 1 is 0.279 bits per heavy atom. The average molecular weight is 1150 g/mol. The van der Waals surface area contributed by atoms with Crippen LogP contribution < -0.4 is 37.9 Å². The van der Waals surface area contributed by atoms with E-state index in [0.717, 1.165) is 22.3 Å². The summed E-state index contributed by atoms with van der Waals surface area (Å²) in [5, 5.41) is 0. The van der Waals surface area contributed by atoms with Gasteiger partial charge in [-0.15, -0.1) is 0 Å². The zero-order chi connectivity index (χ0) is 59.5. The van der Waals surface area contributed by atoms with Crippen molar-refractivity contribution < 1.29 is 57.1 Å². The van der Waals surface area contributed by atoms with E-state index in [1.165, 1.54) is 24.3 Å². The number of ketones is 4. The fraction of sp³-hybridized carbons (Fsp3) is 0.189. The maximum atomic E-state index is 15.1. The second-order valence-corrected chi connectivity index (χ2v) is 21.4. The molecule has 8 aromatic carbocycles. The summed E-state index contributed by atoms with van der Waals surface area (Å²) >= 11 is 0. The van der Waals surface area contributed by atoms with Crippen molar-refractivity contribution in [2.75, 3.05) is 28.4 Å². The van der Waals surface area contributed by atoms with Gasteiger partial charge in [0, 0.05) is 105 Å². The standard InChI is InChI=1S/C74H64O12/c1-79-71-55-25-51-31-63(75)32-52(69(51)77)26-57-37-67(85-45-49-21-13-7-14-22-49)41-61(73(57)81-3)30-62-42-68(86-46-50-23-15-8-16-24-50)38-58(74(62)82-4)28-54-34-64(76)33-53(70(54)78)27-56-36-66(84-44-48-19-11-6-12-20-48)40-60(72(56)80-2)29-59(71)39-65(35-55)83-43-47-17-9-5-10-18-47/h5-24,31-42H,25-30,43-46H2,1-4H3. The van der Waals surface area contributed by atoms with Crippen LogP contribution in [0.25, 0.3) is 0 Å². The molecule has 0 spiro atoms. The van der Waals surface area contributed by atoms with Gasteiger partial charge in [0.05, 0.1) is 28.4 Å². The Kier molecular flexibility index (Phi) is 17.8. The van der Waals surface area contributed by atoms with E-state index in [1.54, 1.807) is 28.4 Å². The Labute approximate surface area is 500 Å². The van der Waals surface area contributed by atoms with E-state index < -0.39 is 0 Å². The molecule has 0 atom stereocenters. The van der Waals surface area contributed by atoms with Crippen LogP contribution in [0.2, 0.25) is 0 Å². The molecule has 3 aliphatic rings. The van der Waals surface area contributed by atoms with Crippen molar-refractivity contribution in [1.82, 2.24) is 0 Å². The molecule has 86 heavy (non-hydrogen) atoms. The third-order valence-electron chi connectivity index (χ3n) is 15.4. The number of hydrogen-bond acceptors (Lipinski definition) is 12. The lowest BCUT2D eigenvalue weighted by molar-refractivity contribution is -0.115. The summed E-state index contributed by atoms with van der Waals surface area (Å²) in [5.41, 5.74) is 9.93. The number of allylic oxidation sites excluding steroid dienone is 8. The van der Waals surface area contributed by atoms with Crippen molar-refractivity contribution in [2.45, 2.75) is 65.0 Å². The number of benzene rings is 8. The minimum Gasteiger partial charge on any atom is -0.496 e. The van der Waals surface area contributed by atoms with Crippen LogP contribution >= 0.6 is 0 Å². The molecule has 0 radical (unpaired) electrons. The third kappa shape index (κ3) is 13.6. The quantitative estimate of drug-likeness (QED) is 0.0850. The Balaban J connectivity index is 1.08. The van der Waals surface area contributed by atoms with E-state index >= 15 is 9.59 Å². The number of hydrogen-bond donors (Lipinski definition) is 0. The van der Waals surface area contributed by atoms with Crippen LogP contribution in [0.15, 0.2) is 216 Å². The SMILES string of the molecule is COc1c2cc(OCc3ccccc3)cc1Cc1cc(OCc3ccccc3)cc(c1OC)CC1=CC(=O)C=C(Cc3cc(OCc4ccccc4)cc(c3OC)Cc3cc(OCc4ccccc4)cc(c3OC)CC3=CC(=O)C=C(C2)C3=O)C1=O. The van der Waals surface area contributed by atoms with E-state index in [-0.39, 0.29) is 110 Å². The number of ether oxygens (including phenoxy) is 8. The molecule has 0 N–H and O–H groups in total. The van der Waals surface area contributed by atoms with Gasteiger partial charge >= 0.3 is 0 Å². The number of carbonyl (C=O) groups is 4. The monoisotopic (exact) mass is 1140 g/mol. The molecule has 0 unspecified atom stereocenters. The summed E-state index contributed by atoms with van der Waals surface area (Å²) in [6.07, 6.45) is 5.99. The fourth-order valence-electron chi connectivity index (χ4n) is 11.5. The molecule has 12 nitrogen and oxygen atoms in total. The smallest absolute Gasteiger partial charge is 0.185 e. The number of Topliss-reactive ketones (excluding diaryl/α,β-unsaturated/α-hetero) is 2. The molecule has 0 aliphatic heterocycles. The van der Waals surface area contributed by atoms with E-state index in [0.29, 0.717) is 90.5 Å². The molecule has 12 bridgehead atoms. The van der Waals surface area contributed by atoms with Crippen molar-refractivity contribution in [2.24, 2.45) is 0 Å². The highest BCUT2D eigenvalue weighted by Gasteiger charge is 2.30. The molecule has 0 aromatic heterocycles. The van der Waals surface area contributed by atoms with Gasteiger partial charge in [0.25, 0.3) is 0 Å². The lowest BCUT2D eigenvalue weighted by atomic mass is 9.85. The molecule has 0 saturated carbocycles. The molecule has 0 fully saturated rings. The topological polar surface area (TPSA) is 142 Å². The van der Waals surface area contributed by atoms with Crippen molar-refractivity contribution in [3.63, 3.8) is 0 Å². The van der Waals surface area contributed by atoms with Gasteiger partial charge in [0.15, 0.2) is 23.1 Å². The number of methoxy groups -OCH3 is 4. The molecule has 0 heterocycles. The number of rotatable bonds is 16. The zero-order valence-electron chi connectivity index (χ0n) is 48.4. The highest BCUT2D eigenvalue weighted by Crippen LogP contribution is 2.42. The van der Waals surface area contributed by atoms with E-state index in [9.17, 15) is 9.59 Å². The van der Waals surface area contributed by atoms with Crippen LogP contribution in [-0.4, -0.2) is 51.6 Å². The first-order valence-corrected chi connectivity index (χ1v) is 28.5. The first-order chi connectivity index (χ1) is 42.0. The van der Waals surface area contributed by atoms with Crippen LogP contribution in [0.5, 0.6) is 46.0 Å². The van der Waals surface area contributed by atoms with Gasteiger partial charge < -0.3 is 37.9 Å². The summed E-state index contributed by atoms with van der Waals surface area (Å²) in [6.45, 7) is 0.970. The normalized spacial score (nSPS) is 14.1. The lowest BCUT2D eigenvalue weighted by Gasteiger charge is -2.23. The summed E-state index contributed by atoms with van der Waals surface area (Å²) in [7, 11) is 6.28. The minimum absolute atomic E-state index is 0.0107. The van der Waals surface area contributed by atoms with E-state index in [4.69, 9.17) is 37.9 Å². The predicted molar refractivity (Wildman–Crippen MR) is 328 cm³/mol. The van der Waals surface area contributed by atoms with Gasteiger partial charge in [-0.05, 0) is 95.1 Å². The highest BCUT2D eigenvalue weighted by atomic mass is 16.5. The predicted octanol–water partition coefficient (Wildman–Crippen LogP) is 13.1. The molecule has 8 aromatic rings. The second kappa shape index (κ2) is 26.6. The fourth-order valence-corrected chi connectivity index (χ4v) is 11.5. The Morgan fingerprint density at radius 2 is 0.477 bits per heavy atom. The van der Waals surface area contributed by atoms with Crippen LogP contribution in [0.1, 0.15) is 66.8 Å². The Morgan fingerprint density at radius 3 is 0.674 bits per heavy atom. The zero-order valence-corrected chi connectivity index (χ0v) is 48.4. The number of fused-ring (bicyclic) bond motifs is 12. The molecular formula is C74H64O12. The Bertz CT molecular complexity index is 3480. The summed E-state index contributed by atoms with van der Waals surface area (Å²) in [5.74, 6) is 2.56. The van der Waals surface area contributed by atoms with Gasteiger partial charge in [-0.1, -0.05) is 121 Å². The molecular weight excluding hydrogens is 1080 g/mol. The van der Waals surface area contributed by atoms with Gasteiger partial charge in [0.2, 0.25) is 0 Å². The third-order valence-corrected chi connectivity index (χ3v) is 15.4. The first-order valence-electron chi connectivity index (χ1n) is 28.5. The van der Waals surface area contributed by atoms with Gasteiger partial charge in [-0.3, -0.25) is 19.2 Å². The van der Waals surface area contributed by atoms with Gasteiger partial charge in [0.1, 0.15) is 72.4 Å². The largest absolute Gasteiger partial charge is 0.496 e. The van der Waals surface area contributed by atoms with Crippen molar-refractivity contribution in [3.8, 4) is 46.0 Å². The van der Waals surface area contributed by atoms with Crippen LogP contribution in [0, 0.1) is 0 Å². The molecule has 11 rings (SSSR count). The molecule has 432 valence electrons. The summed E-state index contributed by atoms with van der Waals surface area (Å²) < 4.78 is 51.4. The van der Waals surface area contributed by atoms with Crippen LogP contribution in [0.3, 0.4) is 0 Å². The highest BCUT2D eigenvalue weighted by molar-refractivity contribution is 6.21. The maximum Gasteiger partial charge on any atom is 0.185 e. The lowest BCUT2D eigenvalue weighted by Crippen LogP contribution is -2.19. The molecule has 12 heteroatoms. The van der Waals surface area contributed by atoms with Crippen LogP contribution in [-0.2, 0) is 84.1 Å².